The molecule has 1 N–H and O–H groups in total. The van der Waals surface area contributed by atoms with Crippen LogP contribution >= 0.6 is 0 Å². The molecule has 16 heavy (non-hydrogen) atoms. The first-order valence-electron chi connectivity index (χ1n) is 6.26. The van der Waals surface area contributed by atoms with Gasteiger partial charge in [0.1, 0.15) is 0 Å². The Morgan fingerprint density at radius 1 is 1.12 bits per heavy atom. The van der Waals surface area contributed by atoms with Crippen molar-refractivity contribution in [3.8, 4) is 0 Å². The number of nitrogens with zero attached hydrogens (tertiary/aromatic N) is 1. The molecule has 0 spiro atoms. The molecule has 0 aliphatic heterocycles. The zero-order chi connectivity index (χ0) is 12.3. The summed E-state index contributed by atoms with van der Waals surface area (Å²) in [5.74, 6) is 1.11. The highest BCUT2D eigenvalue weighted by atomic mass is 16.1. The van der Waals surface area contributed by atoms with Gasteiger partial charge in [-0.3, -0.25) is 14.6 Å². The van der Waals surface area contributed by atoms with Crippen LogP contribution in [0.1, 0.15) is 45.9 Å². The highest BCUT2D eigenvalue weighted by Gasteiger charge is 2.15. The standard InChI is InChI=1S/C13H24N2O/c1-6-15-13(16)11(7-9(2)3)12(14-15)8-10(4)5/h9-10,14H,6-8H2,1-5H3. The molecule has 0 saturated carbocycles. The van der Waals surface area contributed by atoms with Gasteiger partial charge in [0.25, 0.3) is 5.56 Å². The van der Waals surface area contributed by atoms with E-state index in [1.54, 1.807) is 4.68 Å². The van der Waals surface area contributed by atoms with Gasteiger partial charge in [-0.2, -0.15) is 0 Å². The third kappa shape index (κ3) is 3.00. The van der Waals surface area contributed by atoms with Crippen molar-refractivity contribution in [1.82, 2.24) is 9.78 Å². The van der Waals surface area contributed by atoms with Crippen molar-refractivity contribution in [1.29, 1.82) is 0 Å². The van der Waals surface area contributed by atoms with Gasteiger partial charge in [0.05, 0.1) is 0 Å². The Balaban J connectivity index is 3.09. The van der Waals surface area contributed by atoms with Gasteiger partial charge >= 0.3 is 0 Å². The number of hydrogen-bond acceptors (Lipinski definition) is 1. The third-order valence-corrected chi connectivity index (χ3v) is 2.68. The van der Waals surface area contributed by atoms with Gasteiger partial charge in [-0.05, 0) is 31.6 Å². The summed E-state index contributed by atoms with van der Waals surface area (Å²) in [5, 5.41) is 3.24. The van der Waals surface area contributed by atoms with E-state index in [4.69, 9.17) is 0 Å². The van der Waals surface area contributed by atoms with Gasteiger partial charge in [-0.1, -0.05) is 27.7 Å². The fourth-order valence-corrected chi connectivity index (χ4v) is 1.99. The second-order valence-corrected chi connectivity index (χ2v) is 5.31. The van der Waals surface area contributed by atoms with Crippen LogP contribution in [-0.2, 0) is 19.4 Å². The maximum atomic E-state index is 12.1. The molecule has 1 rings (SSSR count). The summed E-state index contributed by atoms with van der Waals surface area (Å²) >= 11 is 0. The van der Waals surface area contributed by atoms with E-state index in [2.05, 4.69) is 32.8 Å². The molecule has 0 atom stereocenters. The molecule has 0 aromatic carbocycles. The van der Waals surface area contributed by atoms with Crippen molar-refractivity contribution in [2.45, 2.75) is 54.0 Å². The van der Waals surface area contributed by atoms with Crippen molar-refractivity contribution in [3.63, 3.8) is 0 Å². The van der Waals surface area contributed by atoms with Crippen LogP contribution in [0.15, 0.2) is 4.79 Å². The van der Waals surface area contributed by atoms with Crippen LogP contribution in [0.5, 0.6) is 0 Å². The molecule has 0 saturated heterocycles. The fourth-order valence-electron chi connectivity index (χ4n) is 1.99. The predicted octanol–water partition coefficient (Wildman–Crippen LogP) is 2.59. The topological polar surface area (TPSA) is 37.8 Å². The largest absolute Gasteiger partial charge is 0.299 e. The number of H-pyrrole nitrogens is 1. The summed E-state index contributed by atoms with van der Waals surface area (Å²) in [7, 11) is 0. The normalized spacial score (nSPS) is 11.7. The average molecular weight is 224 g/mol. The third-order valence-electron chi connectivity index (χ3n) is 2.68. The molecule has 1 aromatic heterocycles. The van der Waals surface area contributed by atoms with E-state index >= 15 is 0 Å². The Labute approximate surface area is 97.8 Å². The van der Waals surface area contributed by atoms with E-state index in [1.165, 1.54) is 0 Å². The van der Waals surface area contributed by atoms with Crippen LogP contribution in [0, 0.1) is 11.8 Å². The first-order valence-corrected chi connectivity index (χ1v) is 6.26. The molecule has 0 fully saturated rings. The molecule has 0 aliphatic carbocycles. The smallest absolute Gasteiger partial charge is 0.269 e. The average Bonchev–Trinajstić information content (AvgIpc) is 2.44. The van der Waals surface area contributed by atoms with E-state index in [9.17, 15) is 4.79 Å². The fraction of sp³-hybridized carbons (Fsp3) is 0.769. The Hall–Kier alpha value is -0.990. The molecule has 92 valence electrons. The monoisotopic (exact) mass is 224 g/mol. The lowest BCUT2D eigenvalue weighted by Crippen LogP contribution is -2.19. The Morgan fingerprint density at radius 2 is 1.69 bits per heavy atom. The van der Waals surface area contributed by atoms with Crippen molar-refractivity contribution < 1.29 is 0 Å². The maximum Gasteiger partial charge on any atom is 0.269 e. The van der Waals surface area contributed by atoms with Crippen molar-refractivity contribution in [3.05, 3.63) is 21.6 Å². The van der Waals surface area contributed by atoms with Crippen LogP contribution < -0.4 is 5.56 Å². The van der Waals surface area contributed by atoms with Crippen LogP contribution in [0.4, 0.5) is 0 Å². The van der Waals surface area contributed by atoms with E-state index in [0.717, 1.165) is 30.6 Å². The number of rotatable bonds is 5. The quantitative estimate of drug-likeness (QED) is 0.820. The lowest BCUT2D eigenvalue weighted by Gasteiger charge is -2.06. The zero-order valence-electron chi connectivity index (χ0n) is 11.1. The highest BCUT2D eigenvalue weighted by Crippen LogP contribution is 2.12. The van der Waals surface area contributed by atoms with E-state index < -0.39 is 0 Å². The Kier molecular flexibility index (Phi) is 4.39. The minimum absolute atomic E-state index is 0.173. The van der Waals surface area contributed by atoms with E-state index in [1.807, 2.05) is 6.92 Å². The minimum Gasteiger partial charge on any atom is -0.299 e. The van der Waals surface area contributed by atoms with Gasteiger partial charge in [-0.25, -0.2) is 0 Å². The van der Waals surface area contributed by atoms with Gasteiger partial charge in [0.2, 0.25) is 0 Å². The summed E-state index contributed by atoms with van der Waals surface area (Å²) in [6.45, 7) is 11.4. The summed E-state index contributed by atoms with van der Waals surface area (Å²) in [5.41, 5.74) is 2.30. The number of aryl methyl sites for hydroxylation is 1. The molecular weight excluding hydrogens is 200 g/mol. The molecule has 1 aromatic rings. The minimum atomic E-state index is 0.173. The molecule has 0 amide bonds. The number of aromatic amines is 1. The SMILES string of the molecule is CCn1[nH]c(CC(C)C)c(CC(C)C)c1=O. The summed E-state index contributed by atoms with van der Waals surface area (Å²) < 4.78 is 1.72. The lowest BCUT2D eigenvalue weighted by atomic mass is 9.99. The predicted molar refractivity (Wildman–Crippen MR) is 67.8 cm³/mol. The van der Waals surface area contributed by atoms with Crippen LogP contribution in [-0.4, -0.2) is 9.78 Å². The second kappa shape index (κ2) is 5.37. The van der Waals surface area contributed by atoms with Crippen LogP contribution in [0.25, 0.3) is 0 Å². The summed E-state index contributed by atoms with van der Waals surface area (Å²) in [6, 6.07) is 0. The summed E-state index contributed by atoms with van der Waals surface area (Å²) in [6.07, 6.45) is 1.84. The van der Waals surface area contributed by atoms with Gasteiger partial charge in [-0.15, -0.1) is 0 Å². The van der Waals surface area contributed by atoms with E-state index in [0.29, 0.717) is 11.8 Å². The molecule has 3 heteroatoms. The Morgan fingerprint density at radius 3 is 2.12 bits per heavy atom. The molecule has 0 bridgehead atoms. The van der Waals surface area contributed by atoms with Crippen LogP contribution in [0.2, 0.25) is 0 Å². The van der Waals surface area contributed by atoms with Crippen LogP contribution in [0.3, 0.4) is 0 Å². The van der Waals surface area contributed by atoms with Crippen molar-refractivity contribution >= 4 is 0 Å². The van der Waals surface area contributed by atoms with Crippen molar-refractivity contribution in [2.24, 2.45) is 11.8 Å². The van der Waals surface area contributed by atoms with Gasteiger partial charge < -0.3 is 0 Å². The van der Waals surface area contributed by atoms with Crippen molar-refractivity contribution in [2.75, 3.05) is 0 Å². The summed E-state index contributed by atoms with van der Waals surface area (Å²) in [4.78, 5) is 12.1. The van der Waals surface area contributed by atoms with E-state index in [-0.39, 0.29) is 5.56 Å². The number of nitrogens with one attached hydrogen (secondary N) is 1. The Bertz CT molecular complexity index is 385. The zero-order valence-corrected chi connectivity index (χ0v) is 11.1. The highest BCUT2D eigenvalue weighted by molar-refractivity contribution is 5.18. The van der Waals surface area contributed by atoms with Gasteiger partial charge in [0.15, 0.2) is 0 Å². The number of aromatic nitrogens is 2. The van der Waals surface area contributed by atoms with Gasteiger partial charge in [0, 0.05) is 17.8 Å². The molecule has 1 heterocycles. The molecule has 0 aliphatic rings. The first-order chi connectivity index (χ1) is 7.45. The molecular formula is C13H24N2O. The number of hydrogen-bond donors (Lipinski definition) is 1. The lowest BCUT2D eigenvalue weighted by molar-refractivity contribution is 0.590. The first kappa shape index (κ1) is 13.1. The maximum absolute atomic E-state index is 12.1. The molecule has 3 nitrogen and oxygen atoms in total. The molecule has 0 unspecified atom stereocenters. The molecule has 0 radical (unpaired) electrons. The second-order valence-electron chi connectivity index (χ2n) is 5.31.